The third kappa shape index (κ3) is 5.53. The van der Waals surface area contributed by atoms with Crippen LogP contribution in [0.2, 0.25) is 15.1 Å². The molecule has 1 aromatic rings. The van der Waals surface area contributed by atoms with E-state index in [4.69, 9.17) is 49.5 Å². The highest BCUT2D eigenvalue weighted by Gasteiger charge is 2.22. The number of nitriles is 1. The molecule has 0 saturated carbocycles. The maximum atomic E-state index is 12.0. The molecule has 1 N–H and O–H groups in total. The van der Waals surface area contributed by atoms with Gasteiger partial charge in [0, 0.05) is 6.20 Å². The first-order valence-corrected chi connectivity index (χ1v) is 8.39. The van der Waals surface area contributed by atoms with Crippen molar-refractivity contribution in [1.82, 2.24) is 0 Å². The Kier molecular flexibility index (Phi) is 8.56. The van der Waals surface area contributed by atoms with E-state index in [-0.39, 0.29) is 45.1 Å². The van der Waals surface area contributed by atoms with E-state index in [9.17, 15) is 9.59 Å². The monoisotopic (exact) mass is 404 g/mol. The van der Waals surface area contributed by atoms with Gasteiger partial charge >= 0.3 is 11.9 Å². The number of carbonyl (C=O) groups excluding carboxylic acids is 2. The number of anilines is 1. The van der Waals surface area contributed by atoms with Crippen molar-refractivity contribution < 1.29 is 19.1 Å². The molecule has 0 aromatic heterocycles. The first-order valence-electron chi connectivity index (χ1n) is 7.25. The van der Waals surface area contributed by atoms with Crippen LogP contribution in [-0.4, -0.2) is 25.2 Å². The van der Waals surface area contributed by atoms with Gasteiger partial charge in [-0.15, -0.1) is 0 Å². The van der Waals surface area contributed by atoms with Crippen molar-refractivity contribution in [2.45, 2.75) is 20.3 Å². The predicted octanol–water partition coefficient (Wildman–Crippen LogP) is 4.60. The summed E-state index contributed by atoms with van der Waals surface area (Å²) in [6.45, 7) is 3.78. The molecule has 134 valence electrons. The minimum atomic E-state index is -0.779. The Morgan fingerprint density at radius 3 is 2.48 bits per heavy atom. The Labute approximate surface area is 160 Å². The van der Waals surface area contributed by atoms with Gasteiger partial charge in [0.15, 0.2) is 5.57 Å². The maximum Gasteiger partial charge on any atom is 0.350 e. The summed E-state index contributed by atoms with van der Waals surface area (Å²) in [4.78, 5) is 23.7. The summed E-state index contributed by atoms with van der Waals surface area (Å²) in [7, 11) is 0. The quantitative estimate of drug-likeness (QED) is 0.309. The Morgan fingerprint density at radius 1 is 1.24 bits per heavy atom. The lowest BCUT2D eigenvalue weighted by Crippen LogP contribution is -2.10. The number of nitrogens with one attached hydrogen (secondary N) is 1. The third-order valence-corrected chi connectivity index (χ3v) is 3.97. The zero-order valence-corrected chi connectivity index (χ0v) is 15.8. The van der Waals surface area contributed by atoms with Crippen LogP contribution in [0.15, 0.2) is 17.8 Å². The molecule has 25 heavy (non-hydrogen) atoms. The highest BCUT2D eigenvalue weighted by atomic mass is 35.5. The average molecular weight is 406 g/mol. The van der Waals surface area contributed by atoms with Crippen molar-refractivity contribution in [1.29, 1.82) is 5.26 Å². The topological polar surface area (TPSA) is 88.4 Å². The lowest BCUT2D eigenvalue weighted by Gasteiger charge is -2.12. The summed E-state index contributed by atoms with van der Waals surface area (Å²) in [5, 5.41) is 11.6. The number of carbonyl (C=O) groups is 2. The largest absolute Gasteiger partial charge is 0.462 e. The van der Waals surface area contributed by atoms with Gasteiger partial charge in [0.1, 0.15) is 11.6 Å². The van der Waals surface area contributed by atoms with Gasteiger partial charge in [-0.1, -0.05) is 41.7 Å². The van der Waals surface area contributed by atoms with Crippen LogP contribution < -0.4 is 5.32 Å². The number of halogens is 3. The van der Waals surface area contributed by atoms with E-state index in [1.54, 1.807) is 13.0 Å². The molecular formula is C16H15Cl3N2O4. The van der Waals surface area contributed by atoms with E-state index < -0.39 is 11.9 Å². The van der Waals surface area contributed by atoms with Crippen molar-refractivity contribution >= 4 is 52.4 Å². The number of rotatable bonds is 7. The highest BCUT2D eigenvalue weighted by molar-refractivity contribution is 6.47. The summed E-state index contributed by atoms with van der Waals surface area (Å²) in [5.74, 6) is -1.52. The van der Waals surface area contributed by atoms with Gasteiger partial charge < -0.3 is 14.8 Å². The molecule has 0 fully saturated rings. The smallest absolute Gasteiger partial charge is 0.350 e. The van der Waals surface area contributed by atoms with Crippen molar-refractivity contribution in [3.8, 4) is 6.07 Å². The van der Waals surface area contributed by atoms with Crippen molar-refractivity contribution in [2.75, 3.05) is 18.5 Å². The second-order valence-corrected chi connectivity index (χ2v) is 5.74. The molecule has 6 nitrogen and oxygen atoms in total. The zero-order valence-electron chi connectivity index (χ0n) is 13.5. The van der Waals surface area contributed by atoms with Gasteiger partial charge in [-0.05, 0) is 19.4 Å². The molecular weight excluding hydrogens is 391 g/mol. The molecule has 0 bridgehead atoms. The number of hydrogen-bond acceptors (Lipinski definition) is 6. The summed E-state index contributed by atoms with van der Waals surface area (Å²) in [5.41, 5.74) is -0.205. The molecule has 0 radical (unpaired) electrons. The first kappa shape index (κ1) is 21.1. The lowest BCUT2D eigenvalue weighted by molar-refractivity contribution is -0.138. The van der Waals surface area contributed by atoms with Crippen LogP contribution in [0, 0.1) is 11.3 Å². The summed E-state index contributed by atoms with van der Waals surface area (Å²) < 4.78 is 9.77. The van der Waals surface area contributed by atoms with Crippen LogP contribution in [-0.2, 0) is 14.3 Å². The number of esters is 2. The van der Waals surface area contributed by atoms with E-state index in [0.29, 0.717) is 6.42 Å². The maximum absolute atomic E-state index is 12.0. The second-order valence-electron chi connectivity index (χ2n) is 4.58. The number of hydrogen-bond donors (Lipinski definition) is 1. The Hall–Kier alpha value is -1.94. The van der Waals surface area contributed by atoms with Gasteiger partial charge in [0.05, 0.1) is 34.0 Å². The number of ether oxygens (including phenoxy) is 2. The molecule has 0 aliphatic rings. The van der Waals surface area contributed by atoms with Gasteiger partial charge in [-0.2, -0.15) is 5.26 Å². The van der Waals surface area contributed by atoms with Crippen LogP contribution >= 0.6 is 34.8 Å². The van der Waals surface area contributed by atoms with Crippen LogP contribution in [0.5, 0.6) is 0 Å². The molecule has 1 rings (SSSR count). The highest BCUT2D eigenvalue weighted by Crippen LogP contribution is 2.38. The normalized spacial score (nSPS) is 10.8. The second kappa shape index (κ2) is 10.1. The van der Waals surface area contributed by atoms with Crippen molar-refractivity contribution in [3.63, 3.8) is 0 Å². The van der Waals surface area contributed by atoms with Gasteiger partial charge in [0.25, 0.3) is 0 Å². The summed E-state index contributed by atoms with van der Waals surface area (Å²) >= 11 is 18.2. The van der Waals surface area contributed by atoms with Crippen LogP contribution in [0.4, 0.5) is 5.69 Å². The average Bonchev–Trinajstić information content (AvgIpc) is 2.58. The van der Waals surface area contributed by atoms with E-state index in [1.165, 1.54) is 6.07 Å². The zero-order chi connectivity index (χ0) is 19.0. The van der Waals surface area contributed by atoms with E-state index in [2.05, 4.69) is 5.32 Å². The Bertz CT molecular complexity index is 742. The molecule has 0 aliphatic heterocycles. The molecule has 0 heterocycles. The van der Waals surface area contributed by atoms with Crippen LogP contribution in [0.25, 0.3) is 0 Å². The fourth-order valence-corrected chi connectivity index (χ4v) is 2.41. The minimum absolute atomic E-state index is 0.0525. The summed E-state index contributed by atoms with van der Waals surface area (Å²) in [6, 6.07) is 3.07. The van der Waals surface area contributed by atoms with Gasteiger partial charge in [0.2, 0.25) is 0 Å². The first-order chi connectivity index (χ1) is 11.9. The predicted molar refractivity (Wildman–Crippen MR) is 96.0 cm³/mol. The molecule has 0 saturated heterocycles. The Morgan fingerprint density at radius 2 is 1.92 bits per heavy atom. The third-order valence-electron chi connectivity index (χ3n) is 2.79. The van der Waals surface area contributed by atoms with Crippen molar-refractivity contribution in [3.05, 3.63) is 38.5 Å². The number of benzene rings is 1. The molecule has 0 aliphatic carbocycles. The fourth-order valence-electron chi connectivity index (χ4n) is 1.65. The summed E-state index contributed by atoms with van der Waals surface area (Å²) in [6.07, 6.45) is 1.73. The van der Waals surface area contributed by atoms with Gasteiger partial charge in [-0.3, -0.25) is 0 Å². The number of nitrogens with zero attached hydrogens (tertiary/aromatic N) is 1. The molecule has 0 amide bonds. The molecule has 9 heteroatoms. The van der Waals surface area contributed by atoms with Crippen LogP contribution in [0.1, 0.15) is 30.6 Å². The SMILES string of the molecule is CCCOC(=O)C(C#N)=CNc1cc(Cl)c(Cl)c(C(=O)OCC)c1Cl. The lowest BCUT2D eigenvalue weighted by atomic mass is 10.2. The fraction of sp³-hybridized carbons (Fsp3) is 0.312. The van der Waals surface area contributed by atoms with E-state index in [0.717, 1.165) is 6.20 Å². The Balaban J connectivity index is 3.18. The molecule has 0 spiro atoms. The van der Waals surface area contributed by atoms with Crippen molar-refractivity contribution in [2.24, 2.45) is 0 Å². The van der Waals surface area contributed by atoms with E-state index >= 15 is 0 Å². The standard InChI is InChI=1S/C16H15Cl3N2O4/c1-3-5-25-15(22)9(7-20)8-21-11-6-10(17)13(18)12(14(11)19)16(23)24-4-2/h6,8,21H,3-5H2,1-2H3. The van der Waals surface area contributed by atoms with Gasteiger partial charge in [-0.25, -0.2) is 9.59 Å². The molecule has 0 unspecified atom stereocenters. The van der Waals surface area contributed by atoms with E-state index in [1.807, 2.05) is 6.92 Å². The minimum Gasteiger partial charge on any atom is -0.462 e. The van der Waals surface area contributed by atoms with Crippen LogP contribution in [0.3, 0.4) is 0 Å². The molecule has 1 aromatic carbocycles. The molecule has 0 atom stereocenters.